The molecule has 4 rings (SSSR count). The molecule has 1 aliphatic heterocycles. The van der Waals surface area contributed by atoms with Crippen LogP contribution in [0.1, 0.15) is 24.8 Å². The molecule has 1 amide bonds. The number of hydrogen-bond acceptors (Lipinski definition) is 7. The van der Waals surface area contributed by atoms with E-state index in [9.17, 15) is 4.79 Å². The summed E-state index contributed by atoms with van der Waals surface area (Å²) in [5.74, 6) is 0.791. The number of thiazole rings is 1. The number of alkyl carbamates (subject to hydrolysis) is 1. The van der Waals surface area contributed by atoms with Gasteiger partial charge in [0.05, 0.1) is 22.7 Å². The van der Waals surface area contributed by atoms with Gasteiger partial charge in [0.15, 0.2) is 0 Å². The van der Waals surface area contributed by atoms with Crippen molar-refractivity contribution in [1.29, 1.82) is 5.26 Å². The number of aromatic nitrogens is 1. The molecule has 0 aliphatic carbocycles. The van der Waals surface area contributed by atoms with Gasteiger partial charge in [0.2, 0.25) is 0 Å². The lowest BCUT2D eigenvalue weighted by atomic mass is 10.1. The number of benzene rings is 2. The molecule has 3 aromatic rings. The zero-order valence-electron chi connectivity index (χ0n) is 17.8. The number of ether oxygens (including phenoxy) is 2. The number of likely N-dealkylation sites (tertiary alicyclic amines) is 1. The molecule has 0 radical (unpaired) electrons. The predicted molar refractivity (Wildman–Crippen MR) is 124 cm³/mol. The molecule has 32 heavy (non-hydrogen) atoms. The fraction of sp³-hybridized carbons (Fsp3) is 0.375. The Labute approximate surface area is 191 Å². The van der Waals surface area contributed by atoms with E-state index in [-0.39, 0.29) is 6.10 Å². The van der Waals surface area contributed by atoms with Gasteiger partial charge >= 0.3 is 6.09 Å². The second kappa shape index (κ2) is 10.9. The van der Waals surface area contributed by atoms with Crippen LogP contribution < -0.4 is 10.1 Å². The van der Waals surface area contributed by atoms with Crippen LogP contribution >= 0.6 is 11.3 Å². The molecule has 1 N–H and O–H groups in total. The van der Waals surface area contributed by atoms with Crippen LogP contribution in [0.25, 0.3) is 10.2 Å². The highest BCUT2D eigenvalue weighted by Gasteiger charge is 2.22. The Balaban J connectivity index is 1.18. The molecule has 1 aromatic heterocycles. The van der Waals surface area contributed by atoms with Crippen LogP contribution in [-0.4, -0.2) is 48.3 Å². The number of rotatable bonds is 8. The quantitative estimate of drug-likeness (QED) is 0.499. The Kier molecular flexibility index (Phi) is 7.54. The van der Waals surface area contributed by atoms with Crippen molar-refractivity contribution in [2.75, 3.05) is 26.2 Å². The predicted octanol–water partition coefficient (Wildman–Crippen LogP) is 4.74. The Hall–Kier alpha value is -3.15. The summed E-state index contributed by atoms with van der Waals surface area (Å²) in [5, 5.41) is 11.8. The van der Waals surface area contributed by atoms with Crippen LogP contribution in [0.3, 0.4) is 0 Å². The smallest absolute Gasteiger partial charge is 0.407 e. The number of carbonyl (C=O) groups is 1. The average molecular weight is 451 g/mol. The molecule has 1 fully saturated rings. The summed E-state index contributed by atoms with van der Waals surface area (Å²) in [6.45, 7) is 3.13. The molecular weight excluding hydrogens is 424 g/mol. The average Bonchev–Trinajstić information content (AvgIpc) is 3.22. The minimum absolute atomic E-state index is 0.0488. The van der Waals surface area contributed by atoms with Crippen molar-refractivity contribution >= 4 is 27.6 Å². The fourth-order valence-corrected chi connectivity index (χ4v) is 4.51. The summed E-state index contributed by atoms with van der Waals surface area (Å²) in [6.07, 6.45) is 2.45. The third-order valence-corrected chi connectivity index (χ3v) is 6.35. The second-order valence-corrected chi connectivity index (χ2v) is 8.72. The van der Waals surface area contributed by atoms with Crippen molar-refractivity contribution < 1.29 is 14.3 Å². The highest BCUT2D eigenvalue weighted by molar-refractivity contribution is 7.20. The molecule has 0 bridgehead atoms. The summed E-state index contributed by atoms with van der Waals surface area (Å²) >= 11 is 1.55. The van der Waals surface area contributed by atoms with Crippen molar-refractivity contribution in [3.8, 4) is 17.0 Å². The van der Waals surface area contributed by atoms with E-state index < -0.39 is 6.09 Å². The van der Waals surface area contributed by atoms with Gasteiger partial charge in [0, 0.05) is 26.2 Å². The zero-order valence-corrected chi connectivity index (χ0v) is 18.6. The third-order valence-electron chi connectivity index (χ3n) is 5.43. The van der Waals surface area contributed by atoms with E-state index in [1.807, 2.05) is 42.5 Å². The molecule has 1 saturated heterocycles. The first kappa shape index (κ1) is 22.1. The molecule has 0 saturated carbocycles. The van der Waals surface area contributed by atoms with E-state index in [1.54, 1.807) is 11.3 Å². The lowest BCUT2D eigenvalue weighted by molar-refractivity contribution is 0.0513. The maximum atomic E-state index is 11.7. The highest BCUT2D eigenvalue weighted by atomic mass is 32.1. The molecule has 1 aliphatic rings. The van der Waals surface area contributed by atoms with Crippen LogP contribution in [0.4, 0.5) is 4.79 Å². The van der Waals surface area contributed by atoms with Gasteiger partial charge in [0.25, 0.3) is 5.19 Å². The summed E-state index contributed by atoms with van der Waals surface area (Å²) < 4.78 is 12.5. The molecule has 2 heterocycles. The molecule has 7 nitrogen and oxygen atoms in total. The van der Waals surface area contributed by atoms with Crippen LogP contribution in [-0.2, 0) is 11.2 Å². The molecule has 166 valence electrons. The third kappa shape index (κ3) is 6.19. The van der Waals surface area contributed by atoms with Crippen molar-refractivity contribution in [1.82, 2.24) is 15.2 Å². The van der Waals surface area contributed by atoms with E-state index in [1.165, 1.54) is 5.56 Å². The summed E-state index contributed by atoms with van der Waals surface area (Å²) in [4.78, 5) is 18.6. The topological polar surface area (TPSA) is 87.5 Å². The number of hydrogen-bond donors (Lipinski definition) is 1. The first-order valence-corrected chi connectivity index (χ1v) is 11.7. The Bertz CT molecular complexity index is 1040. The SMILES string of the molecule is N#CCCNC(=O)OC1CCN(CCc2ccc(Oc3nc4ccccc4s3)cc2)CC1. The van der Waals surface area contributed by atoms with Gasteiger partial charge < -0.3 is 19.7 Å². The van der Waals surface area contributed by atoms with E-state index in [2.05, 4.69) is 27.3 Å². The largest absolute Gasteiger partial charge is 0.446 e. The number of fused-ring (bicyclic) bond motifs is 1. The van der Waals surface area contributed by atoms with Gasteiger partial charge in [-0.1, -0.05) is 35.6 Å². The van der Waals surface area contributed by atoms with Crippen LogP contribution in [0.15, 0.2) is 48.5 Å². The number of nitriles is 1. The highest BCUT2D eigenvalue weighted by Crippen LogP contribution is 2.31. The maximum Gasteiger partial charge on any atom is 0.407 e. The number of para-hydroxylation sites is 1. The van der Waals surface area contributed by atoms with Crippen molar-refractivity contribution in [2.24, 2.45) is 0 Å². The van der Waals surface area contributed by atoms with E-state index >= 15 is 0 Å². The van der Waals surface area contributed by atoms with Crippen molar-refractivity contribution in [3.63, 3.8) is 0 Å². The molecule has 8 heteroatoms. The molecule has 0 unspecified atom stereocenters. The molecule has 0 spiro atoms. The first-order valence-electron chi connectivity index (χ1n) is 10.9. The summed E-state index contributed by atoms with van der Waals surface area (Å²) in [7, 11) is 0. The van der Waals surface area contributed by atoms with Gasteiger partial charge in [-0.15, -0.1) is 0 Å². The lowest BCUT2D eigenvalue weighted by Gasteiger charge is -2.31. The van der Waals surface area contributed by atoms with Gasteiger partial charge in [-0.3, -0.25) is 0 Å². The van der Waals surface area contributed by atoms with Crippen molar-refractivity contribution in [2.45, 2.75) is 31.8 Å². The zero-order chi connectivity index (χ0) is 22.2. The second-order valence-electron chi connectivity index (χ2n) is 7.72. The standard InChI is InChI=1S/C24H26N4O3S/c25-13-3-14-26-23(29)30-20-11-16-28(17-12-20)15-10-18-6-8-19(9-7-18)31-24-27-21-4-1-2-5-22(21)32-24/h1-2,4-9,20H,3,10-12,14-17H2,(H,26,29). The van der Waals surface area contributed by atoms with E-state index in [0.29, 0.717) is 18.2 Å². The lowest BCUT2D eigenvalue weighted by Crippen LogP contribution is -2.40. The molecular formula is C24H26N4O3S. The summed E-state index contributed by atoms with van der Waals surface area (Å²) in [5.41, 5.74) is 2.22. The normalized spacial score (nSPS) is 14.7. The Morgan fingerprint density at radius 3 is 2.72 bits per heavy atom. The van der Waals surface area contributed by atoms with Gasteiger partial charge in [-0.2, -0.15) is 5.26 Å². The number of amides is 1. The molecule has 0 atom stereocenters. The van der Waals surface area contributed by atoms with Gasteiger partial charge in [-0.25, -0.2) is 9.78 Å². The van der Waals surface area contributed by atoms with Crippen LogP contribution in [0.2, 0.25) is 0 Å². The van der Waals surface area contributed by atoms with Gasteiger partial charge in [0.1, 0.15) is 11.9 Å². The van der Waals surface area contributed by atoms with E-state index in [4.69, 9.17) is 14.7 Å². The van der Waals surface area contributed by atoms with Gasteiger partial charge in [-0.05, 0) is 49.1 Å². The van der Waals surface area contributed by atoms with Crippen molar-refractivity contribution in [3.05, 3.63) is 54.1 Å². The van der Waals surface area contributed by atoms with Crippen LogP contribution in [0, 0.1) is 11.3 Å². The minimum atomic E-state index is -0.424. The minimum Gasteiger partial charge on any atom is -0.446 e. The Morgan fingerprint density at radius 2 is 1.97 bits per heavy atom. The number of carbonyl (C=O) groups excluding carboxylic acids is 1. The number of nitrogens with one attached hydrogen (secondary N) is 1. The Morgan fingerprint density at radius 1 is 1.19 bits per heavy atom. The molecule has 2 aromatic carbocycles. The van der Waals surface area contributed by atoms with E-state index in [0.717, 1.165) is 54.9 Å². The number of nitrogens with zero attached hydrogens (tertiary/aromatic N) is 3. The number of piperidine rings is 1. The van der Waals surface area contributed by atoms with Crippen LogP contribution in [0.5, 0.6) is 10.9 Å². The summed E-state index contributed by atoms with van der Waals surface area (Å²) in [6, 6.07) is 18.2. The first-order chi connectivity index (χ1) is 15.7. The maximum absolute atomic E-state index is 11.7. The monoisotopic (exact) mass is 450 g/mol. The fourth-order valence-electron chi connectivity index (χ4n) is 3.67.